The van der Waals surface area contributed by atoms with E-state index in [2.05, 4.69) is 15.6 Å². The fourth-order valence-electron chi connectivity index (χ4n) is 2.42. The number of nitrogens with one attached hydrogen (secondary N) is 1. The van der Waals surface area contributed by atoms with Gasteiger partial charge in [-0.25, -0.2) is 9.02 Å². The Hall–Kier alpha value is -3.00. The summed E-state index contributed by atoms with van der Waals surface area (Å²) in [5.41, 5.74) is 1.44. The van der Waals surface area contributed by atoms with E-state index in [0.717, 1.165) is 4.88 Å². The number of amides is 1. The molecule has 0 aliphatic rings. The minimum absolute atomic E-state index is 0.0933. The van der Waals surface area contributed by atoms with Crippen LogP contribution in [-0.2, 0) is 0 Å². The van der Waals surface area contributed by atoms with Gasteiger partial charge in [-0.15, -0.1) is 11.3 Å². The van der Waals surface area contributed by atoms with Crippen molar-refractivity contribution < 1.29 is 18.2 Å². The molecule has 0 saturated carbocycles. The molecule has 6 nitrogen and oxygen atoms in total. The third-order valence-electron chi connectivity index (χ3n) is 3.58. The van der Waals surface area contributed by atoms with E-state index in [1.807, 2.05) is 17.5 Å². The van der Waals surface area contributed by atoms with E-state index in [4.69, 9.17) is 9.05 Å². The zero-order chi connectivity index (χ0) is 16.7. The fraction of sp³-hybridized carbons (Fsp3) is 0.0625. The number of benzene rings is 1. The number of hydrogen-bond donors (Lipinski definition) is 1. The number of thiophene rings is 1. The lowest BCUT2D eigenvalue weighted by Gasteiger charge is -2.00. The second kappa shape index (κ2) is 5.57. The van der Waals surface area contributed by atoms with Crippen molar-refractivity contribution >= 4 is 34.0 Å². The molecule has 1 N–H and O–H groups in total. The lowest BCUT2D eigenvalue weighted by Crippen LogP contribution is -2.13. The van der Waals surface area contributed by atoms with Crippen LogP contribution in [0.5, 0.6) is 0 Å². The smallest absolute Gasteiger partial charge is 0.292 e. The Morgan fingerprint density at radius 2 is 2.17 bits per heavy atom. The number of fused-ring (bicyclic) bond motifs is 1. The maximum Gasteiger partial charge on any atom is 0.292 e. The largest absolute Gasteiger partial charge is 0.451 e. The molecule has 120 valence electrons. The van der Waals surface area contributed by atoms with Crippen molar-refractivity contribution in [2.24, 2.45) is 0 Å². The second-order valence-electron chi connectivity index (χ2n) is 5.09. The molecule has 8 heteroatoms. The average molecular weight is 343 g/mol. The van der Waals surface area contributed by atoms with Crippen LogP contribution in [-0.4, -0.2) is 16.2 Å². The zero-order valence-corrected chi connectivity index (χ0v) is 13.2. The normalized spacial score (nSPS) is 11.1. The van der Waals surface area contributed by atoms with E-state index < -0.39 is 5.91 Å². The number of aromatic nitrogens is 2. The summed E-state index contributed by atoms with van der Waals surface area (Å²) in [5.74, 6) is -0.596. The zero-order valence-electron chi connectivity index (χ0n) is 12.4. The highest BCUT2D eigenvalue weighted by Crippen LogP contribution is 2.30. The Morgan fingerprint density at radius 3 is 2.96 bits per heavy atom. The van der Waals surface area contributed by atoms with Crippen molar-refractivity contribution in [1.29, 1.82) is 0 Å². The van der Waals surface area contributed by atoms with Crippen LogP contribution in [0.2, 0.25) is 0 Å². The van der Waals surface area contributed by atoms with Gasteiger partial charge in [0.1, 0.15) is 11.4 Å². The molecule has 0 atom stereocenters. The van der Waals surface area contributed by atoms with Crippen molar-refractivity contribution in [3.8, 4) is 10.6 Å². The van der Waals surface area contributed by atoms with Crippen LogP contribution < -0.4 is 5.32 Å². The minimum Gasteiger partial charge on any atom is -0.451 e. The van der Waals surface area contributed by atoms with Gasteiger partial charge in [-0.2, -0.15) is 0 Å². The number of carbonyl (C=O) groups is 1. The van der Waals surface area contributed by atoms with Gasteiger partial charge in [-0.1, -0.05) is 6.07 Å². The summed E-state index contributed by atoms with van der Waals surface area (Å²) in [4.78, 5) is 13.3. The van der Waals surface area contributed by atoms with Crippen molar-refractivity contribution in [3.05, 3.63) is 52.9 Å². The first-order chi connectivity index (χ1) is 11.6. The molecule has 0 unspecified atom stereocenters. The molecule has 4 rings (SSSR count). The highest BCUT2D eigenvalue weighted by Gasteiger charge is 2.22. The van der Waals surface area contributed by atoms with Gasteiger partial charge in [0, 0.05) is 10.9 Å². The molecule has 0 spiro atoms. The Kier molecular flexibility index (Phi) is 3.39. The van der Waals surface area contributed by atoms with E-state index in [1.54, 1.807) is 6.92 Å². The Bertz CT molecular complexity index is 1040. The van der Waals surface area contributed by atoms with Crippen LogP contribution in [0.25, 0.3) is 21.5 Å². The van der Waals surface area contributed by atoms with E-state index in [1.165, 1.54) is 29.5 Å². The quantitative estimate of drug-likeness (QED) is 0.601. The van der Waals surface area contributed by atoms with Crippen molar-refractivity contribution in [2.75, 3.05) is 5.32 Å². The summed E-state index contributed by atoms with van der Waals surface area (Å²) in [7, 11) is 0. The van der Waals surface area contributed by atoms with Gasteiger partial charge in [-0.3, -0.25) is 10.1 Å². The summed E-state index contributed by atoms with van der Waals surface area (Å²) >= 11 is 1.45. The van der Waals surface area contributed by atoms with Crippen LogP contribution >= 0.6 is 11.3 Å². The first kappa shape index (κ1) is 14.6. The van der Waals surface area contributed by atoms with E-state index >= 15 is 0 Å². The van der Waals surface area contributed by atoms with Crippen LogP contribution in [0.1, 0.15) is 16.1 Å². The van der Waals surface area contributed by atoms with Gasteiger partial charge in [0.15, 0.2) is 11.5 Å². The first-order valence-corrected chi connectivity index (χ1v) is 7.88. The molecule has 24 heavy (non-hydrogen) atoms. The Balaban J connectivity index is 1.69. The standard InChI is InChI=1S/C16H10FN3O3S/c1-8-10-7-9(17)4-5-11(10)22-14(8)16(21)18-15-13(19-23-20-15)12-3-2-6-24-12/h2-7H,1H3,(H,18,20,21). The number of anilines is 1. The van der Waals surface area contributed by atoms with Gasteiger partial charge in [0.05, 0.1) is 4.88 Å². The summed E-state index contributed by atoms with van der Waals surface area (Å²) < 4.78 is 23.6. The van der Waals surface area contributed by atoms with Crippen LogP contribution in [0.4, 0.5) is 10.2 Å². The molecule has 4 aromatic rings. The third-order valence-corrected chi connectivity index (χ3v) is 4.46. The third kappa shape index (κ3) is 2.37. The van der Waals surface area contributed by atoms with Crippen molar-refractivity contribution in [1.82, 2.24) is 10.3 Å². The molecule has 1 aromatic carbocycles. The predicted octanol–water partition coefficient (Wildman–Crippen LogP) is 4.24. The Labute approximate surface area is 138 Å². The van der Waals surface area contributed by atoms with Crippen molar-refractivity contribution in [3.63, 3.8) is 0 Å². The number of furan rings is 1. The average Bonchev–Trinajstić information content (AvgIpc) is 3.28. The highest BCUT2D eigenvalue weighted by atomic mass is 32.1. The van der Waals surface area contributed by atoms with Crippen LogP contribution in [0.3, 0.4) is 0 Å². The number of aryl methyl sites for hydroxylation is 1. The number of hydrogen-bond acceptors (Lipinski definition) is 6. The highest BCUT2D eigenvalue weighted by molar-refractivity contribution is 7.13. The van der Waals surface area contributed by atoms with Crippen LogP contribution in [0, 0.1) is 12.7 Å². The second-order valence-corrected chi connectivity index (χ2v) is 6.04. The molecule has 1 amide bonds. The molecular formula is C16H10FN3O3S. The van der Waals surface area contributed by atoms with E-state index in [0.29, 0.717) is 22.2 Å². The predicted molar refractivity (Wildman–Crippen MR) is 86.5 cm³/mol. The molecule has 3 aromatic heterocycles. The summed E-state index contributed by atoms with van der Waals surface area (Å²) in [6, 6.07) is 7.81. The summed E-state index contributed by atoms with van der Waals surface area (Å²) in [6.45, 7) is 1.70. The lowest BCUT2D eigenvalue weighted by atomic mass is 10.1. The van der Waals surface area contributed by atoms with Crippen LogP contribution in [0.15, 0.2) is 44.8 Å². The molecule has 0 radical (unpaired) electrons. The maximum atomic E-state index is 13.4. The van der Waals surface area contributed by atoms with E-state index in [-0.39, 0.29) is 17.4 Å². The van der Waals surface area contributed by atoms with Crippen molar-refractivity contribution in [2.45, 2.75) is 6.92 Å². The molecule has 0 fully saturated rings. The Morgan fingerprint density at radius 1 is 1.29 bits per heavy atom. The van der Waals surface area contributed by atoms with Gasteiger partial charge in [0.2, 0.25) is 5.82 Å². The SMILES string of the molecule is Cc1c(C(=O)Nc2nonc2-c2cccs2)oc2ccc(F)cc12. The summed E-state index contributed by atoms with van der Waals surface area (Å²) in [5, 5.41) is 12.6. The molecule has 0 saturated heterocycles. The molecular weight excluding hydrogens is 333 g/mol. The molecule has 0 bridgehead atoms. The van der Waals surface area contributed by atoms with Gasteiger partial charge in [0.25, 0.3) is 5.91 Å². The number of rotatable bonds is 3. The molecule has 0 aliphatic heterocycles. The van der Waals surface area contributed by atoms with Gasteiger partial charge < -0.3 is 4.42 Å². The monoisotopic (exact) mass is 343 g/mol. The summed E-state index contributed by atoms with van der Waals surface area (Å²) in [6.07, 6.45) is 0. The first-order valence-electron chi connectivity index (χ1n) is 7.00. The topological polar surface area (TPSA) is 81.2 Å². The van der Waals surface area contributed by atoms with E-state index in [9.17, 15) is 9.18 Å². The maximum absolute atomic E-state index is 13.4. The van der Waals surface area contributed by atoms with Gasteiger partial charge >= 0.3 is 0 Å². The lowest BCUT2D eigenvalue weighted by molar-refractivity contribution is 0.0997. The molecule has 0 aliphatic carbocycles. The number of halogens is 1. The molecule has 3 heterocycles. The fourth-order valence-corrected chi connectivity index (χ4v) is 3.13. The minimum atomic E-state index is -0.502. The number of carbonyl (C=O) groups excluding carboxylic acids is 1. The van der Waals surface area contributed by atoms with Gasteiger partial charge in [-0.05, 0) is 46.9 Å². The number of nitrogens with zero attached hydrogens (tertiary/aromatic N) is 2.